The fourth-order valence-corrected chi connectivity index (χ4v) is 2.59. The SMILES string of the molecule is O=C[C@H]1C[C@H](O)[C@@H]([N+](=O)[O-])[C@@H]1c1ccccc1. The maximum Gasteiger partial charge on any atom is 0.246 e. The van der Waals surface area contributed by atoms with Crippen molar-refractivity contribution in [1.29, 1.82) is 0 Å². The molecule has 1 saturated carbocycles. The van der Waals surface area contributed by atoms with Gasteiger partial charge in [-0.2, -0.15) is 0 Å². The monoisotopic (exact) mass is 235 g/mol. The predicted octanol–water partition coefficient (Wildman–Crippen LogP) is 0.995. The molecular formula is C12H13NO4. The van der Waals surface area contributed by atoms with Crippen molar-refractivity contribution >= 4 is 6.29 Å². The summed E-state index contributed by atoms with van der Waals surface area (Å²) < 4.78 is 0. The van der Waals surface area contributed by atoms with E-state index >= 15 is 0 Å². The number of aliphatic hydroxyl groups excluding tert-OH is 1. The normalized spacial score (nSPS) is 32.3. The Hall–Kier alpha value is -1.75. The van der Waals surface area contributed by atoms with Crippen LogP contribution in [0.3, 0.4) is 0 Å². The van der Waals surface area contributed by atoms with Gasteiger partial charge in [0.05, 0.1) is 5.92 Å². The summed E-state index contributed by atoms with van der Waals surface area (Å²) in [6.45, 7) is 0. The third-order valence-corrected chi connectivity index (χ3v) is 3.34. The van der Waals surface area contributed by atoms with E-state index in [1.54, 1.807) is 24.3 Å². The minimum Gasteiger partial charge on any atom is -0.386 e. The average molecular weight is 235 g/mol. The van der Waals surface area contributed by atoms with Crippen molar-refractivity contribution in [2.24, 2.45) is 5.92 Å². The number of benzene rings is 1. The van der Waals surface area contributed by atoms with Crippen molar-refractivity contribution in [2.75, 3.05) is 0 Å². The maximum absolute atomic E-state index is 11.0. The summed E-state index contributed by atoms with van der Waals surface area (Å²) in [5, 5.41) is 20.7. The van der Waals surface area contributed by atoms with Crippen LogP contribution in [0, 0.1) is 16.0 Å². The molecule has 0 saturated heterocycles. The van der Waals surface area contributed by atoms with Gasteiger partial charge in [-0.3, -0.25) is 10.1 Å². The number of aliphatic hydroxyl groups is 1. The molecule has 0 heterocycles. The Balaban J connectivity index is 2.39. The number of nitro groups is 1. The van der Waals surface area contributed by atoms with Gasteiger partial charge < -0.3 is 9.90 Å². The molecule has 1 aromatic carbocycles. The van der Waals surface area contributed by atoms with Gasteiger partial charge in [-0.05, 0) is 12.0 Å². The Morgan fingerprint density at radius 2 is 2.00 bits per heavy atom. The maximum atomic E-state index is 11.0. The van der Waals surface area contributed by atoms with Crippen LogP contribution in [0.5, 0.6) is 0 Å². The second kappa shape index (κ2) is 4.63. The van der Waals surface area contributed by atoms with Gasteiger partial charge in [-0.25, -0.2) is 0 Å². The molecule has 1 fully saturated rings. The Morgan fingerprint density at radius 3 is 2.53 bits per heavy atom. The number of hydrogen-bond acceptors (Lipinski definition) is 4. The minimum absolute atomic E-state index is 0.161. The van der Waals surface area contributed by atoms with E-state index in [0.717, 1.165) is 5.56 Å². The van der Waals surface area contributed by atoms with Gasteiger partial charge in [0.25, 0.3) is 0 Å². The molecule has 5 nitrogen and oxygen atoms in total. The number of carbonyl (C=O) groups is 1. The summed E-state index contributed by atoms with van der Waals surface area (Å²) in [7, 11) is 0. The molecule has 1 aliphatic carbocycles. The summed E-state index contributed by atoms with van der Waals surface area (Å²) >= 11 is 0. The zero-order valence-corrected chi connectivity index (χ0v) is 9.10. The molecule has 5 heteroatoms. The second-order valence-corrected chi connectivity index (χ2v) is 4.32. The topological polar surface area (TPSA) is 80.4 Å². The fraction of sp³-hybridized carbons (Fsp3) is 0.417. The average Bonchev–Trinajstić information content (AvgIpc) is 2.67. The van der Waals surface area contributed by atoms with E-state index in [4.69, 9.17) is 0 Å². The molecular weight excluding hydrogens is 222 g/mol. The van der Waals surface area contributed by atoms with Crippen molar-refractivity contribution in [2.45, 2.75) is 24.5 Å². The molecule has 0 bridgehead atoms. The highest BCUT2D eigenvalue weighted by Crippen LogP contribution is 2.40. The second-order valence-electron chi connectivity index (χ2n) is 4.32. The van der Waals surface area contributed by atoms with Gasteiger partial charge >= 0.3 is 0 Å². The molecule has 1 aliphatic rings. The van der Waals surface area contributed by atoms with E-state index in [2.05, 4.69) is 0 Å². The van der Waals surface area contributed by atoms with Crippen LogP contribution in [-0.4, -0.2) is 28.5 Å². The molecule has 90 valence electrons. The van der Waals surface area contributed by atoms with Crippen LogP contribution in [0.1, 0.15) is 17.9 Å². The van der Waals surface area contributed by atoms with E-state index in [1.165, 1.54) is 0 Å². The lowest BCUT2D eigenvalue weighted by Gasteiger charge is -2.17. The van der Waals surface area contributed by atoms with Crippen LogP contribution in [0.25, 0.3) is 0 Å². The van der Waals surface area contributed by atoms with Crippen molar-refractivity contribution in [3.8, 4) is 0 Å². The number of carbonyl (C=O) groups excluding carboxylic acids is 1. The third kappa shape index (κ3) is 2.06. The summed E-state index contributed by atoms with van der Waals surface area (Å²) in [5.74, 6) is -1.01. The lowest BCUT2D eigenvalue weighted by molar-refractivity contribution is -0.534. The van der Waals surface area contributed by atoms with Gasteiger partial charge in [0.1, 0.15) is 12.4 Å². The predicted molar refractivity (Wildman–Crippen MR) is 60.1 cm³/mol. The fourth-order valence-electron chi connectivity index (χ4n) is 2.59. The summed E-state index contributed by atoms with van der Waals surface area (Å²) in [6.07, 6.45) is -0.176. The number of aldehydes is 1. The molecule has 17 heavy (non-hydrogen) atoms. The number of hydrogen-bond donors (Lipinski definition) is 1. The molecule has 0 amide bonds. The van der Waals surface area contributed by atoms with E-state index in [9.17, 15) is 20.0 Å². The van der Waals surface area contributed by atoms with Crippen molar-refractivity contribution in [3.05, 3.63) is 46.0 Å². The number of nitrogens with zero attached hydrogens (tertiary/aromatic N) is 1. The molecule has 2 rings (SSSR count). The van der Waals surface area contributed by atoms with Gasteiger partial charge in [0.2, 0.25) is 6.04 Å². The van der Waals surface area contributed by atoms with Crippen LogP contribution >= 0.6 is 0 Å². The highest BCUT2D eigenvalue weighted by atomic mass is 16.6. The van der Waals surface area contributed by atoms with Gasteiger partial charge in [0, 0.05) is 10.8 Å². The highest BCUT2D eigenvalue weighted by Gasteiger charge is 2.50. The van der Waals surface area contributed by atoms with E-state index < -0.39 is 28.9 Å². The van der Waals surface area contributed by atoms with Gasteiger partial charge in [-0.1, -0.05) is 30.3 Å². The highest BCUT2D eigenvalue weighted by molar-refractivity contribution is 5.57. The molecule has 0 aromatic heterocycles. The van der Waals surface area contributed by atoms with Crippen LogP contribution in [0.15, 0.2) is 30.3 Å². The molecule has 0 unspecified atom stereocenters. The molecule has 1 N–H and O–H groups in total. The van der Waals surface area contributed by atoms with Crippen molar-refractivity contribution < 1.29 is 14.8 Å². The van der Waals surface area contributed by atoms with Gasteiger partial charge in [-0.15, -0.1) is 0 Å². The molecule has 0 spiro atoms. The number of rotatable bonds is 3. The third-order valence-electron chi connectivity index (χ3n) is 3.34. The van der Waals surface area contributed by atoms with E-state index in [1.807, 2.05) is 6.07 Å². The first-order chi connectivity index (χ1) is 8.15. The first kappa shape index (κ1) is 11.7. The Morgan fingerprint density at radius 1 is 1.35 bits per heavy atom. The summed E-state index contributed by atoms with van der Waals surface area (Å²) in [5.41, 5.74) is 0.739. The van der Waals surface area contributed by atoms with Crippen LogP contribution in [0.2, 0.25) is 0 Å². The largest absolute Gasteiger partial charge is 0.386 e. The van der Waals surface area contributed by atoms with Gasteiger partial charge in [0.15, 0.2) is 0 Å². The van der Waals surface area contributed by atoms with Crippen LogP contribution in [0.4, 0.5) is 0 Å². The van der Waals surface area contributed by atoms with Crippen molar-refractivity contribution in [3.63, 3.8) is 0 Å². The standard InChI is InChI=1S/C12H13NO4/c14-7-9-6-10(15)12(13(16)17)11(9)8-4-2-1-3-5-8/h1-5,7,9-12,15H,6H2/t9-,10+,11-,12-/m1/s1. The smallest absolute Gasteiger partial charge is 0.246 e. The zero-order chi connectivity index (χ0) is 12.4. The van der Waals surface area contributed by atoms with Crippen molar-refractivity contribution in [1.82, 2.24) is 0 Å². The quantitative estimate of drug-likeness (QED) is 0.481. The van der Waals surface area contributed by atoms with Crippen LogP contribution in [-0.2, 0) is 4.79 Å². The molecule has 0 aliphatic heterocycles. The summed E-state index contributed by atoms with van der Waals surface area (Å²) in [4.78, 5) is 21.5. The lowest BCUT2D eigenvalue weighted by Crippen LogP contribution is -2.33. The Bertz CT molecular complexity index is 420. The first-order valence-electron chi connectivity index (χ1n) is 5.47. The van der Waals surface area contributed by atoms with E-state index in [0.29, 0.717) is 6.29 Å². The Labute approximate surface area is 98.2 Å². The Kier molecular flexibility index (Phi) is 3.19. The van der Waals surface area contributed by atoms with Crippen LogP contribution < -0.4 is 0 Å². The molecule has 4 atom stereocenters. The summed E-state index contributed by atoms with van der Waals surface area (Å²) in [6, 6.07) is 7.79. The zero-order valence-electron chi connectivity index (χ0n) is 9.10. The lowest BCUT2D eigenvalue weighted by atomic mass is 9.87. The minimum atomic E-state index is -1.09. The van der Waals surface area contributed by atoms with E-state index in [-0.39, 0.29) is 6.42 Å². The first-order valence-corrected chi connectivity index (χ1v) is 5.47. The molecule has 1 aromatic rings. The molecule has 0 radical (unpaired) electrons.